The molecule has 0 spiro atoms. The number of alkyl halides is 3. The number of methoxy groups -OCH3 is 1. The lowest BCUT2D eigenvalue weighted by Crippen LogP contribution is -2.27. The molecule has 2 aromatic heterocycles. The minimum absolute atomic E-state index is 0.0944. The quantitative estimate of drug-likeness (QED) is 0.520. The molecule has 192 valence electrons. The summed E-state index contributed by atoms with van der Waals surface area (Å²) in [6.45, 7) is 5.16. The van der Waals surface area contributed by atoms with Crippen molar-refractivity contribution in [2.75, 3.05) is 12.4 Å². The number of rotatable bonds is 4. The molecule has 0 fully saturated rings. The van der Waals surface area contributed by atoms with Gasteiger partial charge in [0.1, 0.15) is 10.5 Å². The van der Waals surface area contributed by atoms with Gasteiger partial charge in [-0.1, -0.05) is 6.07 Å². The first-order valence-electron chi connectivity index (χ1n) is 10.5. The van der Waals surface area contributed by atoms with Crippen LogP contribution in [0.15, 0.2) is 45.9 Å². The lowest BCUT2D eigenvalue weighted by molar-refractivity contribution is -0.138. The van der Waals surface area contributed by atoms with Gasteiger partial charge in [0.2, 0.25) is 11.8 Å². The molecular weight excluding hydrogens is 501 g/mol. The number of nitrogens with zero attached hydrogens (tertiary/aromatic N) is 4. The second-order valence-electron chi connectivity index (χ2n) is 8.67. The number of carbonyl (C=O) groups excluding carboxylic acids is 1. The molecule has 1 aliphatic heterocycles. The Morgan fingerprint density at radius 2 is 2.06 bits per heavy atom. The standard InChI is InChI=1S/C22H23F3N6O4S/c1-12-15(22(23,24)25)6-5-14(13-7-8-27-17(9-13)34-4)18(12)29-20(32)30-36(26,33)16-10-28-31-11-21(2,3)35-19(16)31/h5-10H,11H2,1-4H3,(H3,26,29,30,32,33). The van der Waals surface area contributed by atoms with Crippen molar-refractivity contribution in [2.24, 2.45) is 9.50 Å². The fraction of sp³-hybridized carbons (Fsp3) is 0.318. The van der Waals surface area contributed by atoms with Crippen LogP contribution in [0.4, 0.5) is 23.7 Å². The number of ether oxygens (including phenoxy) is 2. The number of benzene rings is 1. The first-order valence-corrected chi connectivity index (χ1v) is 12.1. The Labute approximate surface area is 204 Å². The summed E-state index contributed by atoms with van der Waals surface area (Å²) in [5.41, 5.74) is -1.37. The van der Waals surface area contributed by atoms with E-state index < -0.39 is 33.3 Å². The minimum Gasteiger partial charge on any atom is -0.481 e. The maximum atomic E-state index is 13.6. The summed E-state index contributed by atoms with van der Waals surface area (Å²) in [7, 11) is -2.46. The van der Waals surface area contributed by atoms with Crippen LogP contribution >= 0.6 is 0 Å². The highest BCUT2D eigenvalue weighted by atomic mass is 32.2. The fourth-order valence-electron chi connectivity index (χ4n) is 3.84. The number of anilines is 1. The Hall–Kier alpha value is -3.65. The lowest BCUT2D eigenvalue weighted by atomic mass is 9.97. The van der Waals surface area contributed by atoms with Crippen LogP contribution in [-0.4, -0.2) is 37.7 Å². The molecule has 3 N–H and O–H groups in total. The first-order chi connectivity index (χ1) is 16.7. The highest BCUT2D eigenvalue weighted by Gasteiger charge is 2.36. The molecule has 2 amide bonds. The van der Waals surface area contributed by atoms with E-state index in [-0.39, 0.29) is 33.5 Å². The number of pyridine rings is 1. The topological polar surface area (TPSA) is 134 Å². The first kappa shape index (κ1) is 25.4. The number of nitrogens with two attached hydrogens (primary N) is 1. The third kappa shape index (κ3) is 4.86. The maximum Gasteiger partial charge on any atom is 0.416 e. The van der Waals surface area contributed by atoms with E-state index in [0.717, 1.165) is 6.07 Å². The zero-order valence-electron chi connectivity index (χ0n) is 19.7. The summed E-state index contributed by atoms with van der Waals surface area (Å²) in [6, 6.07) is 3.95. The molecule has 0 bridgehead atoms. The van der Waals surface area contributed by atoms with Crippen LogP contribution in [0.2, 0.25) is 0 Å². The van der Waals surface area contributed by atoms with E-state index in [1.807, 2.05) is 0 Å². The van der Waals surface area contributed by atoms with Crippen molar-refractivity contribution in [3.05, 3.63) is 47.8 Å². The van der Waals surface area contributed by atoms with E-state index >= 15 is 0 Å². The number of hydrogen-bond acceptors (Lipinski definition) is 6. The molecule has 4 rings (SSSR count). The van der Waals surface area contributed by atoms with Crippen LogP contribution in [0.3, 0.4) is 0 Å². The summed E-state index contributed by atoms with van der Waals surface area (Å²) in [6.07, 6.45) is -2.08. The third-order valence-corrected chi connectivity index (χ3v) is 6.80. The van der Waals surface area contributed by atoms with Crippen LogP contribution in [0, 0.1) is 6.92 Å². The molecular formula is C22H23F3N6O4S. The zero-order valence-corrected chi connectivity index (χ0v) is 20.5. The van der Waals surface area contributed by atoms with Crippen LogP contribution < -0.4 is 19.9 Å². The van der Waals surface area contributed by atoms with E-state index in [2.05, 4.69) is 19.8 Å². The Morgan fingerprint density at radius 1 is 1.33 bits per heavy atom. The van der Waals surface area contributed by atoms with E-state index in [1.165, 1.54) is 43.2 Å². The number of aromatic nitrogens is 3. The van der Waals surface area contributed by atoms with Gasteiger partial charge in [0.15, 0.2) is 9.92 Å². The summed E-state index contributed by atoms with van der Waals surface area (Å²) in [5.74, 6) is 0.332. The van der Waals surface area contributed by atoms with Gasteiger partial charge in [0.05, 0.1) is 31.1 Å². The average molecular weight is 525 g/mol. The molecule has 0 saturated carbocycles. The Morgan fingerprint density at radius 3 is 2.72 bits per heavy atom. The van der Waals surface area contributed by atoms with Crippen molar-refractivity contribution in [1.29, 1.82) is 0 Å². The second-order valence-corrected chi connectivity index (χ2v) is 10.4. The van der Waals surface area contributed by atoms with Crippen LogP contribution in [0.25, 0.3) is 11.1 Å². The monoisotopic (exact) mass is 524 g/mol. The molecule has 10 nitrogen and oxygen atoms in total. The normalized spacial score (nSPS) is 16.0. The maximum absolute atomic E-state index is 13.6. The summed E-state index contributed by atoms with van der Waals surface area (Å²) in [4.78, 5) is 16.7. The molecule has 1 unspecified atom stereocenters. The average Bonchev–Trinajstić information content (AvgIpc) is 3.29. The van der Waals surface area contributed by atoms with Crippen molar-refractivity contribution in [1.82, 2.24) is 14.8 Å². The fourth-order valence-corrected chi connectivity index (χ4v) is 4.82. The van der Waals surface area contributed by atoms with Gasteiger partial charge in [0.25, 0.3) is 0 Å². The highest BCUT2D eigenvalue weighted by Crippen LogP contribution is 2.40. The van der Waals surface area contributed by atoms with Gasteiger partial charge >= 0.3 is 12.2 Å². The van der Waals surface area contributed by atoms with Crippen molar-refractivity contribution in [3.63, 3.8) is 0 Å². The Bertz CT molecular complexity index is 1470. The highest BCUT2D eigenvalue weighted by molar-refractivity contribution is 7.91. The van der Waals surface area contributed by atoms with Gasteiger partial charge < -0.3 is 14.8 Å². The van der Waals surface area contributed by atoms with Gasteiger partial charge in [0, 0.05) is 17.8 Å². The Kier molecular flexibility index (Phi) is 6.21. The molecule has 14 heteroatoms. The van der Waals surface area contributed by atoms with Crippen molar-refractivity contribution < 1.29 is 31.6 Å². The van der Waals surface area contributed by atoms with Crippen molar-refractivity contribution in [2.45, 2.75) is 44.0 Å². The van der Waals surface area contributed by atoms with E-state index in [4.69, 9.17) is 14.6 Å². The zero-order chi connectivity index (χ0) is 26.5. The van der Waals surface area contributed by atoms with Crippen LogP contribution in [-0.2, 0) is 22.6 Å². The molecule has 0 aliphatic carbocycles. The summed E-state index contributed by atoms with van der Waals surface area (Å²) in [5, 5.41) is 12.3. The van der Waals surface area contributed by atoms with E-state index in [1.54, 1.807) is 19.9 Å². The van der Waals surface area contributed by atoms with E-state index in [9.17, 15) is 22.2 Å². The van der Waals surface area contributed by atoms with Gasteiger partial charge in [-0.15, -0.1) is 4.36 Å². The van der Waals surface area contributed by atoms with Crippen molar-refractivity contribution in [3.8, 4) is 22.9 Å². The number of fused-ring (bicyclic) bond motifs is 1. The SMILES string of the molecule is COc1cc(-c2ccc(C(F)(F)F)c(C)c2NC(=O)N=S(N)(=O)c2cnn3c2OC(C)(C)C3)ccn1. The number of nitrogens with one attached hydrogen (secondary N) is 1. The van der Waals surface area contributed by atoms with Crippen LogP contribution in [0.1, 0.15) is 25.0 Å². The third-order valence-electron chi connectivity index (χ3n) is 5.45. The minimum atomic E-state index is -4.68. The van der Waals surface area contributed by atoms with Gasteiger partial charge in [-0.3, -0.25) is 0 Å². The molecule has 0 radical (unpaired) electrons. The largest absolute Gasteiger partial charge is 0.481 e. The molecule has 3 aromatic rings. The molecule has 1 aliphatic rings. The lowest BCUT2D eigenvalue weighted by Gasteiger charge is -2.18. The molecule has 1 atom stereocenters. The number of carbonyl (C=O) groups is 1. The van der Waals surface area contributed by atoms with Gasteiger partial charge in [-0.2, -0.15) is 18.3 Å². The molecule has 1 aromatic carbocycles. The number of urea groups is 1. The Balaban J connectivity index is 1.77. The van der Waals surface area contributed by atoms with E-state index in [0.29, 0.717) is 12.1 Å². The predicted molar refractivity (Wildman–Crippen MR) is 125 cm³/mol. The van der Waals surface area contributed by atoms with Crippen molar-refractivity contribution >= 4 is 21.6 Å². The molecule has 36 heavy (non-hydrogen) atoms. The predicted octanol–water partition coefficient (Wildman–Crippen LogP) is 4.38. The molecule has 0 saturated heterocycles. The van der Waals surface area contributed by atoms with Gasteiger partial charge in [-0.25, -0.2) is 23.8 Å². The van der Waals surface area contributed by atoms with Crippen LogP contribution in [0.5, 0.6) is 11.8 Å². The number of amides is 2. The second kappa shape index (κ2) is 8.78. The number of hydrogen-bond donors (Lipinski definition) is 2. The summed E-state index contributed by atoms with van der Waals surface area (Å²) < 4.78 is 69.9. The summed E-state index contributed by atoms with van der Waals surface area (Å²) >= 11 is 0. The smallest absolute Gasteiger partial charge is 0.416 e. The van der Waals surface area contributed by atoms with Gasteiger partial charge in [-0.05, 0) is 44.0 Å². The molecule has 3 heterocycles. The number of halogens is 3.